The van der Waals surface area contributed by atoms with Crippen molar-refractivity contribution in [3.8, 4) is 0 Å². The SMILES string of the molecule is CC(C)c1cccnc1Nc1ccc(F)cc1. The van der Waals surface area contributed by atoms with Crippen LogP contribution in [-0.2, 0) is 0 Å². The number of halogens is 1. The highest BCUT2D eigenvalue weighted by Crippen LogP contribution is 2.24. The minimum Gasteiger partial charge on any atom is -0.340 e. The molecule has 88 valence electrons. The van der Waals surface area contributed by atoms with E-state index in [9.17, 15) is 4.39 Å². The molecule has 0 aliphatic heterocycles. The smallest absolute Gasteiger partial charge is 0.133 e. The van der Waals surface area contributed by atoms with E-state index in [2.05, 4.69) is 24.1 Å². The standard InChI is InChI=1S/C14H15FN2/c1-10(2)13-4-3-9-16-14(13)17-12-7-5-11(15)6-8-12/h3-10H,1-2H3,(H,16,17). The van der Waals surface area contributed by atoms with Crippen molar-refractivity contribution in [2.24, 2.45) is 0 Å². The van der Waals surface area contributed by atoms with Gasteiger partial charge in [-0.3, -0.25) is 0 Å². The fraction of sp³-hybridized carbons (Fsp3) is 0.214. The van der Waals surface area contributed by atoms with Crippen LogP contribution in [0.2, 0.25) is 0 Å². The van der Waals surface area contributed by atoms with Gasteiger partial charge in [0.15, 0.2) is 0 Å². The first kappa shape index (κ1) is 11.6. The van der Waals surface area contributed by atoms with Gasteiger partial charge in [0, 0.05) is 11.9 Å². The average Bonchev–Trinajstić information content (AvgIpc) is 2.32. The monoisotopic (exact) mass is 230 g/mol. The lowest BCUT2D eigenvalue weighted by molar-refractivity contribution is 0.628. The third-order valence-corrected chi connectivity index (χ3v) is 2.57. The molecule has 0 spiro atoms. The number of anilines is 2. The molecular formula is C14H15FN2. The van der Waals surface area contributed by atoms with Crippen LogP contribution in [-0.4, -0.2) is 4.98 Å². The summed E-state index contributed by atoms with van der Waals surface area (Å²) in [7, 11) is 0. The first-order valence-electron chi connectivity index (χ1n) is 5.64. The number of benzene rings is 1. The van der Waals surface area contributed by atoms with E-state index in [1.54, 1.807) is 18.3 Å². The molecule has 0 aliphatic carbocycles. The van der Waals surface area contributed by atoms with E-state index < -0.39 is 0 Å². The topological polar surface area (TPSA) is 24.9 Å². The van der Waals surface area contributed by atoms with Crippen molar-refractivity contribution in [3.05, 3.63) is 54.0 Å². The van der Waals surface area contributed by atoms with E-state index in [-0.39, 0.29) is 5.82 Å². The summed E-state index contributed by atoms with van der Waals surface area (Å²) in [6.45, 7) is 4.24. The number of hydrogen-bond acceptors (Lipinski definition) is 2. The van der Waals surface area contributed by atoms with Gasteiger partial charge in [-0.1, -0.05) is 19.9 Å². The van der Waals surface area contributed by atoms with Crippen molar-refractivity contribution >= 4 is 11.5 Å². The maximum Gasteiger partial charge on any atom is 0.133 e. The van der Waals surface area contributed by atoms with Crippen molar-refractivity contribution in [2.75, 3.05) is 5.32 Å². The Balaban J connectivity index is 2.26. The quantitative estimate of drug-likeness (QED) is 0.859. The maximum absolute atomic E-state index is 12.8. The second-order valence-electron chi connectivity index (χ2n) is 4.23. The molecule has 0 saturated carbocycles. The largest absolute Gasteiger partial charge is 0.340 e. The van der Waals surface area contributed by atoms with Gasteiger partial charge in [0.25, 0.3) is 0 Å². The molecule has 1 heterocycles. The molecule has 1 N–H and O–H groups in total. The third-order valence-electron chi connectivity index (χ3n) is 2.57. The van der Waals surface area contributed by atoms with Crippen molar-refractivity contribution in [1.29, 1.82) is 0 Å². The van der Waals surface area contributed by atoms with Crippen LogP contribution in [0, 0.1) is 5.82 Å². The summed E-state index contributed by atoms with van der Waals surface area (Å²) in [4.78, 5) is 4.31. The molecule has 2 aromatic rings. The molecule has 17 heavy (non-hydrogen) atoms. The molecule has 0 saturated heterocycles. The molecule has 0 radical (unpaired) electrons. The van der Waals surface area contributed by atoms with E-state index in [1.807, 2.05) is 12.1 Å². The Hall–Kier alpha value is -1.90. The molecule has 2 nitrogen and oxygen atoms in total. The van der Waals surface area contributed by atoms with E-state index >= 15 is 0 Å². The zero-order valence-electron chi connectivity index (χ0n) is 9.94. The van der Waals surface area contributed by atoms with E-state index in [1.165, 1.54) is 12.1 Å². The van der Waals surface area contributed by atoms with E-state index in [4.69, 9.17) is 0 Å². The van der Waals surface area contributed by atoms with Crippen molar-refractivity contribution in [3.63, 3.8) is 0 Å². The van der Waals surface area contributed by atoms with Crippen LogP contribution >= 0.6 is 0 Å². The Labute approximate surface area is 101 Å². The van der Waals surface area contributed by atoms with Crippen LogP contribution in [0.15, 0.2) is 42.6 Å². The molecule has 0 fully saturated rings. The van der Waals surface area contributed by atoms with Crippen LogP contribution in [0.3, 0.4) is 0 Å². The minimum absolute atomic E-state index is 0.236. The van der Waals surface area contributed by atoms with Gasteiger partial charge in [-0.05, 0) is 41.8 Å². The molecule has 0 amide bonds. The van der Waals surface area contributed by atoms with E-state index in [0.29, 0.717) is 5.92 Å². The van der Waals surface area contributed by atoms with Gasteiger partial charge in [-0.2, -0.15) is 0 Å². The van der Waals surface area contributed by atoms with Gasteiger partial charge in [-0.15, -0.1) is 0 Å². The highest BCUT2D eigenvalue weighted by Gasteiger charge is 2.07. The number of pyridine rings is 1. The summed E-state index contributed by atoms with van der Waals surface area (Å²) in [6, 6.07) is 10.2. The summed E-state index contributed by atoms with van der Waals surface area (Å²) in [5, 5.41) is 3.20. The zero-order valence-corrected chi connectivity index (χ0v) is 9.94. The molecule has 1 aromatic heterocycles. The normalized spacial score (nSPS) is 10.6. The highest BCUT2D eigenvalue weighted by molar-refractivity contribution is 5.59. The number of hydrogen-bond donors (Lipinski definition) is 1. The van der Waals surface area contributed by atoms with Crippen LogP contribution < -0.4 is 5.32 Å². The van der Waals surface area contributed by atoms with Gasteiger partial charge < -0.3 is 5.32 Å². The summed E-state index contributed by atoms with van der Waals surface area (Å²) in [6.07, 6.45) is 1.75. The molecular weight excluding hydrogens is 215 g/mol. The summed E-state index contributed by atoms with van der Waals surface area (Å²) in [5.41, 5.74) is 1.99. The lowest BCUT2D eigenvalue weighted by atomic mass is 10.0. The van der Waals surface area contributed by atoms with Crippen LogP contribution in [0.25, 0.3) is 0 Å². The second-order valence-corrected chi connectivity index (χ2v) is 4.23. The van der Waals surface area contributed by atoms with Crippen molar-refractivity contribution in [2.45, 2.75) is 19.8 Å². The first-order valence-corrected chi connectivity index (χ1v) is 5.64. The fourth-order valence-corrected chi connectivity index (χ4v) is 1.66. The fourth-order valence-electron chi connectivity index (χ4n) is 1.66. The average molecular weight is 230 g/mol. The Morgan fingerprint density at radius 1 is 1.12 bits per heavy atom. The Kier molecular flexibility index (Phi) is 3.38. The molecule has 0 aliphatic rings. The van der Waals surface area contributed by atoms with Gasteiger partial charge in [0.05, 0.1) is 0 Å². The molecule has 2 rings (SSSR count). The molecule has 0 atom stereocenters. The van der Waals surface area contributed by atoms with E-state index in [0.717, 1.165) is 17.1 Å². The molecule has 3 heteroatoms. The predicted octanol–water partition coefficient (Wildman–Crippen LogP) is 4.09. The first-order chi connectivity index (χ1) is 8.16. The Bertz CT molecular complexity index is 492. The number of nitrogens with zero attached hydrogens (tertiary/aromatic N) is 1. The minimum atomic E-state index is -0.236. The summed E-state index contributed by atoms with van der Waals surface area (Å²) in [5.74, 6) is 0.987. The third kappa shape index (κ3) is 2.81. The van der Waals surface area contributed by atoms with Crippen molar-refractivity contribution in [1.82, 2.24) is 4.98 Å². The highest BCUT2D eigenvalue weighted by atomic mass is 19.1. The lowest BCUT2D eigenvalue weighted by Crippen LogP contribution is -2.00. The van der Waals surface area contributed by atoms with Crippen molar-refractivity contribution < 1.29 is 4.39 Å². The van der Waals surface area contributed by atoms with Crippen LogP contribution in [0.4, 0.5) is 15.9 Å². The van der Waals surface area contributed by atoms with Crippen LogP contribution in [0.5, 0.6) is 0 Å². The molecule has 0 bridgehead atoms. The summed E-state index contributed by atoms with van der Waals surface area (Å²) >= 11 is 0. The van der Waals surface area contributed by atoms with Gasteiger partial charge in [-0.25, -0.2) is 9.37 Å². The zero-order chi connectivity index (χ0) is 12.3. The van der Waals surface area contributed by atoms with Crippen LogP contribution in [0.1, 0.15) is 25.3 Å². The van der Waals surface area contributed by atoms with Gasteiger partial charge in [0.2, 0.25) is 0 Å². The maximum atomic E-state index is 12.8. The number of rotatable bonds is 3. The lowest BCUT2D eigenvalue weighted by Gasteiger charge is -2.13. The Morgan fingerprint density at radius 2 is 1.82 bits per heavy atom. The molecule has 0 unspecified atom stereocenters. The number of aromatic nitrogens is 1. The molecule has 1 aromatic carbocycles. The number of nitrogens with one attached hydrogen (secondary N) is 1. The predicted molar refractivity (Wildman–Crippen MR) is 68.0 cm³/mol. The van der Waals surface area contributed by atoms with Gasteiger partial charge >= 0.3 is 0 Å². The summed E-state index contributed by atoms with van der Waals surface area (Å²) < 4.78 is 12.8. The van der Waals surface area contributed by atoms with Gasteiger partial charge in [0.1, 0.15) is 11.6 Å². The second kappa shape index (κ2) is 4.95. The Morgan fingerprint density at radius 3 is 2.47 bits per heavy atom.